The van der Waals surface area contributed by atoms with Crippen molar-refractivity contribution < 1.29 is 9.90 Å². The smallest absolute Gasteiger partial charge is 0.335 e. The summed E-state index contributed by atoms with van der Waals surface area (Å²) in [7, 11) is 0. The number of nitrogens with one attached hydrogen (secondary N) is 1. The zero-order valence-corrected chi connectivity index (χ0v) is 10.8. The van der Waals surface area contributed by atoms with Crippen molar-refractivity contribution in [2.75, 3.05) is 0 Å². The molecule has 0 aliphatic carbocycles. The monoisotopic (exact) mass is 278 g/mol. The molecule has 0 bridgehead atoms. The van der Waals surface area contributed by atoms with Gasteiger partial charge in [0.25, 0.3) is 0 Å². The van der Waals surface area contributed by atoms with Gasteiger partial charge in [0.15, 0.2) is 0 Å². The van der Waals surface area contributed by atoms with Gasteiger partial charge in [0.2, 0.25) is 0 Å². The molecule has 4 aromatic heterocycles. The second kappa shape index (κ2) is 4.17. The first-order valence-corrected chi connectivity index (χ1v) is 6.37. The highest BCUT2D eigenvalue weighted by molar-refractivity contribution is 5.91. The molecule has 21 heavy (non-hydrogen) atoms. The van der Waals surface area contributed by atoms with E-state index in [9.17, 15) is 4.79 Å². The standard InChI is InChI=1S/C15H10N4O2/c20-15(21)9-1-4-17-14(7-9)19-6-3-11-13(19)8-12-10(18-11)2-5-16-12/h1-8,16H,(H,20,21). The Morgan fingerprint density at radius 1 is 1.19 bits per heavy atom. The number of aromatic carboxylic acids is 1. The van der Waals surface area contributed by atoms with Crippen molar-refractivity contribution in [1.82, 2.24) is 19.5 Å². The van der Waals surface area contributed by atoms with Gasteiger partial charge in [-0.1, -0.05) is 0 Å². The van der Waals surface area contributed by atoms with Crippen LogP contribution in [-0.2, 0) is 0 Å². The summed E-state index contributed by atoms with van der Waals surface area (Å²) >= 11 is 0. The summed E-state index contributed by atoms with van der Waals surface area (Å²) in [5, 5.41) is 9.08. The molecule has 0 atom stereocenters. The minimum Gasteiger partial charge on any atom is -0.478 e. The van der Waals surface area contributed by atoms with E-state index >= 15 is 0 Å². The van der Waals surface area contributed by atoms with Crippen molar-refractivity contribution in [1.29, 1.82) is 0 Å². The van der Waals surface area contributed by atoms with E-state index in [4.69, 9.17) is 5.11 Å². The zero-order chi connectivity index (χ0) is 14.4. The van der Waals surface area contributed by atoms with Crippen LogP contribution in [0.15, 0.2) is 48.9 Å². The summed E-state index contributed by atoms with van der Waals surface area (Å²) in [5.74, 6) is -0.419. The number of H-pyrrole nitrogens is 1. The molecule has 102 valence electrons. The van der Waals surface area contributed by atoms with Gasteiger partial charge in [-0.25, -0.2) is 14.8 Å². The number of hydrogen-bond acceptors (Lipinski definition) is 3. The highest BCUT2D eigenvalue weighted by atomic mass is 16.4. The lowest BCUT2D eigenvalue weighted by atomic mass is 10.2. The van der Waals surface area contributed by atoms with E-state index in [1.165, 1.54) is 12.3 Å². The van der Waals surface area contributed by atoms with E-state index in [0.717, 1.165) is 22.1 Å². The van der Waals surface area contributed by atoms with Crippen molar-refractivity contribution in [2.45, 2.75) is 0 Å². The number of fused-ring (bicyclic) bond motifs is 2. The van der Waals surface area contributed by atoms with E-state index in [1.807, 2.05) is 35.2 Å². The number of carboxylic acid groups (broad SMARTS) is 1. The molecule has 4 rings (SSSR count). The van der Waals surface area contributed by atoms with Gasteiger partial charge in [-0.3, -0.25) is 4.57 Å². The number of rotatable bonds is 2. The highest BCUT2D eigenvalue weighted by Crippen LogP contribution is 2.22. The number of hydrogen-bond donors (Lipinski definition) is 2. The largest absolute Gasteiger partial charge is 0.478 e. The number of carbonyl (C=O) groups is 1. The van der Waals surface area contributed by atoms with Crippen molar-refractivity contribution >= 4 is 28.0 Å². The van der Waals surface area contributed by atoms with E-state index < -0.39 is 5.97 Å². The molecule has 0 aliphatic heterocycles. The van der Waals surface area contributed by atoms with Gasteiger partial charge in [-0.15, -0.1) is 0 Å². The first-order chi connectivity index (χ1) is 10.2. The molecule has 4 heterocycles. The first kappa shape index (κ1) is 11.7. The lowest BCUT2D eigenvalue weighted by Crippen LogP contribution is -2.01. The normalized spacial score (nSPS) is 11.2. The van der Waals surface area contributed by atoms with Gasteiger partial charge < -0.3 is 10.1 Å². The average molecular weight is 278 g/mol. The Morgan fingerprint density at radius 2 is 2.10 bits per heavy atom. The second-order valence-corrected chi connectivity index (χ2v) is 4.70. The van der Waals surface area contributed by atoms with Crippen LogP contribution in [0.4, 0.5) is 0 Å². The second-order valence-electron chi connectivity index (χ2n) is 4.70. The Labute approximate surface area is 118 Å². The number of pyridine rings is 2. The van der Waals surface area contributed by atoms with Crippen molar-refractivity contribution in [3.63, 3.8) is 0 Å². The molecule has 0 amide bonds. The Hall–Kier alpha value is -3.15. The fourth-order valence-electron chi connectivity index (χ4n) is 2.41. The molecular weight excluding hydrogens is 268 g/mol. The zero-order valence-electron chi connectivity index (χ0n) is 10.8. The van der Waals surface area contributed by atoms with Crippen molar-refractivity contribution in [2.24, 2.45) is 0 Å². The number of aromatic nitrogens is 4. The molecular formula is C15H10N4O2. The number of carboxylic acids is 1. The molecule has 0 aliphatic rings. The van der Waals surface area contributed by atoms with Crippen LogP contribution in [0.3, 0.4) is 0 Å². The first-order valence-electron chi connectivity index (χ1n) is 6.37. The fourth-order valence-corrected chi connectivity index (χ4v) is 2.41. The SMILES string of the molecule is O=C(O)c1ccnc(-n2ccc3nc4cc[nH]c4cc32)c1. The fraction of sp³-hybridized carbons (Fsp3) is 0. The quantitative estimate of drug-likeness (QED) is 0.590. The molecule has 0 saturated carbocycles. The molecule has 0 unspecified atom stereocenters. The van der Waals surface area contributed by atoms with Gasteiger partial charge in [0, 0.05) is 18.6 Å². The van der Waals surface area contributed by atoms with E-state index in [0.29, 0.717) is 5.82 Å². The maximum absolute atomic E-state index is 11.1. The summed E-state index contributed by atoms with van der Waals surface area (Å²) in [6.07, 6.45) is 5.17. The third kappa shape index (κ3) is 1.77. The summed E-state index contributed by atoms with van der Waals surface area (Å²) < 4.78 is 1.83. The Kier molecular flexibility index (Phi) is 2.32. The molecule has 6 nitrogen and oxygen atoms in total. The molecule has 0 radical (unpaired) electrons. The summed E-state index contributed by atoms with van der Waals surface area (Å²) in [5.41, 5.74) is 3.74. The van der Waals surface area contributed by atoms with Gasteiger partial charge in [-0.05, 0) is 30.3 Å². The Morgan fingerprint density at radius 3 is 2.95 bits per heavy atom. The van der Waals surface area contributed by atoms with Crippen LogP contribution in [0, 0.1) is 0 Å². The Bertz CT molecular complexity index is 984. The van der Waals surface area contributed by atoms with Gasteiger partial charge in [0.1, 0.15) is 5.82 Å². The molecule has 0 saturated heterocycles. The predicted octanol–water partition coefficient (Wildman–Crippen LogP) is 2.60. The minimum absolute atomic E-state index is 0.204. The Balaban J connectivity index is 1.97. The molecule has 2 N–H and O–H groups in total. The van der Waals surface area contributed by atoms with Gasteiger partial charge in [-0.2, -0.15) is 0 Å². The lowest BCUT2D eigenvalue weighted by Gasteiger charge is -2.05. The van der Waals surface area contributed by atoms with Crippen LogP contribution in [0.5, 0.6) is 0 Å². The average Bonchev–Trinajstić information content (AvgIpc) is 3.10. The van der Waals surface area contributed by atoms with E-state index in [-0.39, 0.29) is 5.56 Å². The van der Waals surface area contributed by atoms with Crippen LogP contribution in [0.2, 0.25) is 0 Å². The topological polar surface area (TPSA) is 83.8 Å². The summed E-state index contributed by atoms with van der Waals surface area (Å²) in [4.78, 5) is 23.0. The van der Waals surface area contributed by atoms with Gasteiger partial charge >= 0.3 is 5.97 Å². The van der Waals surface area contributed by atoms with Crippen LogP contribution in [0.1, 0.15) is 10.4 Å². The summed E-state index contributed by atoms with van der Waals surface area (Å²) in [6, 6.07) is 8.79. The van der Waals surface area contributed by atoms with Crippen LogP contribution in [0.25, 0.3) is 27.9 Å². The third-order valence-electron chi connectivity index (χ3n) is 3.42. The number of aromatic amines is 1. The van der Waals surface area contributed by atoms with Crippen LogP contribution >= 0.6 is 0 Å². The summed E-state index contributed by atoms with van der Waals surface area (Å²) in [6.45, 7) is 0. The van der Waals surface area contributed by atoms with Crippen molar-refractivity contribution in [3.05, 3.63) is 54.5 Å². The van der Waals surface area contributed by atoms with E-state index in [2.05, 4.69) is 15.0 Å². The van der Waals surface area contributed by atoms with Gasteiger partial charge in [0.05, 0.1) is 27.6 Å². The predicted molar refractivity (Wildman–Crippen MR) is 77.7 cm³/mol. The van der Waals surface area contributed by atoms with Crippen LogP contribution in [-0.4, -0.2) is 30.6 Å². The molecule has 0 aromatic carbocycles. The third-order valence-corrected chi connectivity index (χ3v) is 3.42. The molecule has 0 spiro atoms. The van der Waals surface area contributed by atoms with Crippen molar-refractivity contribution in [3.8, 4) is 5.82 Å². The molecule has 4 aromatic rings. The minimum atomic E-state index is -0.972. The lowest BCUT2D eigenvalue weighted by molar-refractivity contribution is 0.0696. The maximum atomic E-state index is 11.1. The van der Waals surface area contributed by atoms with Crippen LogP contribution < -0.4 is 0 Å². The maximum Gasteiger partial charge on any atom is 0.335 e. The number of nitrogens with zero attached hydrogens (tertiary/aromatic N) is 3. The van der Waals surface area contributed by atoms with E-state index in [1.54, 1.807) is 6.07 Å². The molecule has 0 fully saturated rings. The molecule has 6 heteroatoms. The highest BCUT2D eigenvalue weighted by Gasteiger charge is 2.10.